The Balaban J connectivity index is 1.40. The maximum Gasteiger partial charge on any atom is 0.255 e. The van der Waals surface area contributed by atoms with E-state index in [4.69, 9.17) is 22.1 Å². The molecule has 33 heavy (non-hydrogen) atoms. The minimum atomic E-state index is -0.152. The highest BCUT2D eigenvalue weighted by atomic mass is 35.5. The predicted molar refractivity (Wildman–Crippen MR) is 134 cm³/mol. The van der Waals surface area contributed by atoms with Crippen molar-refractivity contribution in [2.45, 2.75) is 43.2 Å². The van der Waals surface area contributed by atoms with Crippen molar-refractivity contribution in [3.63, 3.8) is 0 Å². The molecule has 0 saturated heterocycles. The first-order valence-electron chi connectivity index (χ1n) is 11.4. The lowest BCUT2D eigenvalue weighted by molar-refractivity contribution is 0.104. The molecule has 4 aromatic rings. The molecule has 1 fully saturated rings. The highest BCUT2D eigenvalue weighted by Gasteiger charge is 2.43. The zero-order chi connectivity index (χ0) is 22.8. The molecule has 0 aliphatic heterocycles. The van der Waals surface area contributed by atoms with Gasteiger partial charge in [-0.3, -0.25) is 4.79 Å². The minimum Gasteiger partial charge on any atom is -0.489 e. The number of rotatable bonds is 5. The molecule has 1 aliphatic carbocycles. The van der Waals surface area contributed by atoms with Gasteiger partial charge in [0.05, 0.1) is 11.1 Å². The van der Waals surface area contributed by atoms with Crippen molar-refractivity contribution in [2.24, 2.45) is 5.73 Å². The second-order valence-electron chi connectivity index (χ2n) is 8.90. The number of pyridine rings is 1. The number of nitrogens with one attached hydrogen (secondary N) is 1. The summed E-state index contributed by atoms with van der Waals surface area (Å²) in [5, 5.41) is 1.84. The zero-order valence-electron chi connectivity index (χ0n) is 18.3. The van der Waals surface area contributed by atoms with Crippen molar-refractivity contribution < 1.29 is 4.74 Å². The summed E-state index contributed by atoms with van der Waals surface area (Å²) in [7, 11) is 0. The Morgan fingerprint density at radius 1 is 0.970 bits per heavy atom. The SMILES string of the molecule is N[C@@H](c1ccccc1)[C@]1(c2ccccc2)CC[C@H](Oc2cc3cc[nH]c(=O)c3cc2Cl)CC1. The van der Waals surface area contributed by atoms with Gasteiger partial charge in [0, 0.05) is 23.0 Å². The largest absolute Gasteiger partial charge is 0.489 e. The average Bonchev–Trinajstić information content (AvgIpc) is 2.86. The fourth-order valence-electron chi connectivity index (χ4n) is 5.21. The summed E-state index contributed by atoms with van der Waals surface area (Å²) in [6, 6.07) is 26.3. The van der Waals surface area contributed by atoms with Crippen LogP contribution in [0, 0.1) is 0 Å². The smallest absolute Gasteiger partial charge is 0.255 e. The van der Waals surface area contributed by atoms with Crippen LogP contribution in [0.4, 0.5) is 0 Å². The number of halogens is 1. The number of ether oxygens (including phenoxy) is 1. The number of hydrogen-bond donors (Lipinski definition) is 2. The van der Waals surface area contributed by atoms with E-state index in [1.807, 2.05) is 24.3 Å². The number of fused-ring (bicyclic) bond motifs is 1. The lowest BCUT2D eigenvalue weighted by Crippen LogP contribution is -2.43. The summed E-state index contributed by atoms with van der Waals surface area (Å²) in [5.41, 5.74) is 9.08. The Morgan fingerprint density at radius 2 is 1.64 bits per heavy atom. The molecule has 3 aromatic carbocycles. The highest BCUT2D eigenvalue weighted by Crippen LogP contribution is 2.48. The lowest BCUT2D eigenvalue weighted by Gasteiger charge is -2.45. The molecule has 1 aromatic heterocycles. The quantitative estimate of drug-likeness (QED) is 0.377. The van der Waals surface area contributed by atoms with Gasteiger partial charge in [0.2, 0.25) is 0 Å². The van der Waals surface area contributed by atoms with Gasteiger partial charge in [-0.15, -0.1) is 0 Å². The van der Waals surface area contributed by atoms with Gasteiger partial charge >= 0.3 is 0 Å². The monoisotopic (exact) mass is 458 g/mol. The van der Waals surface area contributed by atoms with E-state index in [1.165, 1.54) is 5.56 Å². The fourth-order valence-corrected chi connectivity index (χ4v) is 5.42. The predicted octanol–water partition coefficient (Wildman–Crippen LogP) is 6.14. The standard InChI is InChI=1S/C28H27ClN2O2/c29-24-18-23-20(13-16-31-27(23)32)17-25(24)33-22-11-14-28(15-12-22,21-9-5-2-6-10-21)26(30)19-7-3-1-4-8-19/h1-10,13,16-18,22,26H,11-12,14-15,30H2,(H,31,32)/t22-,26-,28+/m0/s1. The lowest BCUT2D eigenvalue weighted by atomic mass is 9.63. The molecular weight excluding hydrogens is 432 g/mol. The van der Waals surface area contributed by atoms with E-state index in [0.717, 1.165) is 36.6 Å². The van der Waals surface area contributed by atoms with Gasteiger partial charge in [0.25, 0.3) is 5.56 Å². The normalized spacial score (nSPS) is 21.6. The third kappa shape index (κ3) is 4.17. The van der Waals surface area contributed by atoms with Crippen molar-refractivity contribution in [1.29, 1.82) is 0 Å². The maximum atomic E-state index is 12.1. The van der Waals surface area contributed by atoms with Crippen LogP contribution in [0.5, 0.6) is 5.75 Å². The Hall–Kier alpha value is -3.08. The molecule has 0 radical (unpaired) electrons. The van der Waals surface area contributed by atoms with Crippen LogP contribution in [-0.2, 0) is 5.41 Å². The third-order valence-corrected chi connectivity index (χ3v) is 7.34. The van der Waals surface area contributed by atoms with Gasteiger partial charge in [-0.1, -0.05) is 72.3 Å². The Labute approximate surface area is 198 Å². The molecule has 0 spiro atoms. The van der Waals surface area contributed by atoms with Crippen LogP contribution in [0.15, 0.2) is 89.9 Å². The average molecular weight is 459 g/mol. The number of benzene rings is 3. The molecule has 3 N–H and O–H groups in total. The number of hydrogen-bond acceptors (Lipinski definition) is 3. The molecule has 0 amide bonds. The van der Waals surface area contributed by atoms with Crippen LogP contribution in [0.3, 0.4) is 0 Å². The van der Waals surface area contributed by atoms with E-state index in [1.54, 1.807) is 12.3 Å². The molecule has 0 bridgehead atoms. The van der Waals surface area contributed by atoms with Crippen molar-refractivity contribution in [3.8, 4) is 5.75 Å². The summed E-state index contributed by atoms with van der Waals surface area (Å²) < 4.78 is 6.36. The molecule has 4 nitrogen and oxygen atoms in total. The molecule has 1 atom stereocenters. The van der Waals surface area contributed by atoms with E-state index in [9.17, 15) is 4.79 Å². The van der Waals surface area contributed by atoms with Crippen molar-refractivity contribution in [2.75, 3.05) is 0 Å². The first-order chi connectivity index (χ1) is 16.1. The Kier molecular flexibility index (Phi) is 5.96. The molecule has 0 unspecified atom stereocenters. The Morgan fingerprint density at radius 3 is 2.33 bits per heavy atom. The molecule has 1 heterocycles. The van der Waals surface area contributed by atoms with E-state index < -0.39 is 0 Å². The summed E-state index contributed by atoms with van der Waals surface area (Å²) >= 11 is 6.48. The van der Waals surface area contributed by atoms with Crippen LogP contribution in [-0.4, -0.2) is 11.1 Å². The number of aromatic nitrogens is 1. The number of H-pyrrole nitrogens is 1. The van der Waals surface area contributed by atoms with Crippen LogP contribution in [0.25, 0.3) is 10.8 Å². The molecule has 168 valence electrons. The Bertz CT molecular complexity index is 1300. The third-order valence-electron chi connectivity index (χ3n) is 7.05. The van der Waals surface area contributed by atoms with Gasteiger partial charge in [0.1, 0.15) is 5.75 Å². The topological polar surface area (TPSA) is 68.1 Å². The van der Waals surface area contributed by atoms with E-state index in [-0.39, 0.29) is 23.1 Å². The summed E-state index contributed by atoms with van der Waals surface area (Å²) in [4.78, 5) is 14.7. The van der Waals surface area contributed by atoms with Crippen LogP contribution in [0.1, 0.15) is 42.9 Å². The second kappa shape index (κ2) is 9.05. The molecule has 5 heteroatoms. The van der Waals surface area contributed by atoms with Gasteiger partial charge in [-0.25, -0.2) is 0 Å². The van der Waals surface area contributed by atoms with Crippen LogP contribution >= 0.6 is 11.6 Å². The van der Waals surface area contributed by atoms with Crippen molar-refractivity contribution in [1.82, 2.24) is 4.98 Å². The van der Waals surface area contributed by atoms with Gasteiger partial charge in [-0.2, -0.15) is 0 Å². The van der Waals surface area contributed by atoms with Crippen molar-refractivity contribution in [3.05, 3.63) is 112 Å². The van der Waals surface area contributed by atoms with Crippen LogP contribution in [0.2, 0.25) is 5.02 Å². The van der Waals surface area contributed by atoms with E-state index in [0.29, 0.717) is 16.2 Å². The van der Waals surface area contributed by atoms with E-state index >= 15 is 0 Å². The van der Waals surface area contributed by atoms with Crippen molar-refractivity contribution >= 4 is 22.4 Å². The molecule has 1 saturated carbocycles. The van der Waals surface area contributed by atoms with Crippen LogP contribution < -0.4 is 16.0 Å². The first-order valence-corrected chi connectivity index (χ1v) is 11.8. The summed E-state index contributed by atoms with van der Waals surface area (Å²) in [6.45, 7) is 0. The number of aromatic amines is 1. The second-order valence-corrected chi connectivity index (χ2v) is 9.31. The number of nitrogens with two attached hydrogens (primary N) is 1. The molecule has 1 aliphatic rings. The maximum absolute atomic E-state index is 12.1. The van der Waals surface area contributed by atoms with Gasteiger partial charge in [-0.05, 0) is 60.4 Å². The van der Waals surface area contributed by atoms with E-state index in [2.05, 4.69) is 53.5 Å². The van der Waals surface area contributed by atoms with Gasteiger partial charge < -0.3 is 15.5 Å². The summed E-state index contributed by atoms with van der Waals surface area (Å²) in [6.07, 6.45) is 5.27. The molecule has 5 rings (SSSR count). The minimum absolute atomic E-state index is 0.0433. The fraction of sp³-hybridized carbons (Fsp3) is 0.250. The zero-order valence-corrected chi connectivity index (χ0v) is 19.1. The highest BCUT2D eigenvalue weighted by molar-refractivity contribution is 6.32. The first kappa shape index (κ1) is 21.7. The molecular formula is C28H27ClN2O2. The summed E-state index contributed by atoms with van der Waals surface area (Å²) in [5.74, 6) is 0.624. The van der Waals surface area contributed by atoms with Gasteiger partial charge in [0.15, 0.2) is 0 Å².